The smallest absolute Gasteiger partial charge is 0.178 e. The Balaban J connectivity index is 2.39. The molecule has 0 spiro atoms. The molecule has 0 unspecified atom stereocenters. The molecule has 1 aliphatic carbocycles. The Morgan fingerprint density at radius 2 is 2.33 bits per heavy atom. The molecule has 78 valence electrons. The van der Waals surface area contributed by atoms with Gasteiger partial charge in [-0.2, -0.15) is 0 Å². The van der Waals surface area contributed by atoms with Gasteiger partial charge in [0.25, 0.3) is 0 Å². The molecule has 0 aliphatic heterocycles. The van der Waals surface area contributed by atoms with Crippen LogP contribution < -0.4 is 0 Å². The van der Waals surface area contributed by atoms with Crippen molar-refractivity contribution in [3.63, 3.8) is 0 Å². The van der Waals surface area contributed by atoms with Crippen LogP contribution in [0.4, 0.5) is 0 Å². The molecule has 1 N–H and O–H groups in total. The lowest BCUT2D eigenvalue weighted by molar-refractivity contribution is -0.539. The van der Waals surface area contributed by atoms with Gasteiger partial charge in [-0.05, 0) is 30.2 Å². The quantitative estimate of drug-likeness (QED) is 0.577. The van der Waals surface area contributed by atoms with Crippen LogP contribution >= 0.6 is 0 Å². The number of aromatic hydroxyl groups is 1. The van der Waals surface area contributed by atoms with Gasteiger partial charge in [0.15, 0.2) is 12.3 Å². The molecule has 0 saturated carbocycles. The number of benzene rings is 1. The maximum Gasteiger partial charge on any atom is 0.178 e. The van der Waals surface area contributed by atoms with Crippen LogP contribution in [0, 0.1) is 0 Å². The number of nitrogens with zero attached hydrogens (tertiary/aromatic N) is 1. The summed E-state index contributed by atoms with van der Waals surface area (Å²) < 4.78 is 2.15. The number of phenolic OH excluding ortho intramolecular Hbond substituents is 1. The molecule has 0 amide bonds. The number of phenols is 1. The highest BCUT2D eigenvalue weighted by Gasteiger charge is 2.28. The van der Waals surface area contributed by atoms with Crippen molar-refractivity contribution < 1.29 is 9.68 Å². The number of hydrogen-bond acceptors (Lipinski definition) is 1. The minimum Gasteiger partial charge on any atom is -0.508 e. The third-order valence-corrected chi connectivity index (χ3v) is 3.01. The normalized spacial score (nSPS) is 20.1. The Morgan fingerprint density at radius 1 is 1.53 bits per heavy atom. The van der Waals surface area contributed by atoms with Crippen molar-refractivity contribution in [1.29, 1.82) is 0 Å². The second-order valence-electron chi connectivity index (χ2n) is 3.99. The Morgan fingerprint density at radius 3 is 3.07 bits per heavy atom. The van der Waals surface area contributed by atoms with Crippen molar-refractivity contribution in [3.05, 3.63) is 42.0 Å². The van der Waals surface area contributed by atoms with E-state index in [1.165, 1.54) is 11.1 Å². The Labute approximate surface area is 90.2 Å². The first-order chi connectivity index (χ1) is 7.22. The van der Waals surface area contributed by atoms with Gasteiger partial charge in [-0.1, -0.05) is 12.6 Å². The summed E-state index contributed by atoms with van der Waals surface area (Å²) in [5.41, 5.74) is 2.60. The van der Waals surface area contributed by atoms with Gasteiger partial charge >= 0.3 is 0 Å². The Bertz CT molecular complexity index is 421. The number of fused-ring (bicyclic) bond motifs is 1. The summed E-state index contributed by atoms with van der Waals surface area (Å²) in [6.45, 7) is 3.70. The molecule has 1 aliphatic rings. The van der Waals surface area contributed by atoms with Crippen LogP contribution in [-0.2, 0) is 6.42 Å². The topological polar surface area (TPSA) is 23.2 Å². The summed E-state index contributed by atoms with van der Waals surface area (Å²) in [4.78, 5) is 0. The monoisotopic (exact) mass is 202 g/mol. The largest absolute Gasteiger partial charge is 0.508 e. The fraction of sp³-hybridized carbons (Fsp3) is 0.308. The summed E-state index contributed by atoms with van der Waals surface area (Å²) in [5, 5.41) is 9.48. The lowest BCUT2D eigenvalue weighted by Gasteiger charge is -2.07. The van der Waals surface area contributed by atoms with E-state index < -0.39 is 0 Å². The van der Waals surface area contributed by atoms with Crippen molar-refractivity contribution >= 4 is 6.21 Å². The second-order valence-corrected chi connectivity index (χ2v) is 3.99. The maximum absolute atomic E-state index is 9.48. The van der Waals surface area contributed by atoms with E-state index in [1.54, 1.807) is 12.1 Å². The van der Waals surface area contributed by atoms with Crippen LogP contribution in [0.5, 0.6) is 5.75 Å². The van der Waals surface area contributed by atoms with Gasteiger partial charge in [0.05, 0.1) is 0 Å². The third kappa shape index (κ3) is 1.80. The van der Waals surface area contributed by atoms with E-state index in [2.05, 4.69) is 11.2 Å². The molecule has 1 aromatic rings. The fourth-order valence-electron chi connectivity index (χ4n) is 2.26. The molecule has 1 atom stereocenters. The molecule has 2 nitrogen and oxygen atoms in total. The zero-order valence-corrected chi connectivity index (χ0v) is 8.98. The predicted octanol–water partition coefficient (Wildman–Crippen LogP) is 2.28. The number of rotatable bonds is 2. The molecule has 0 radical (unpaired) electrons. The van der Waals surface area contributed by atoms with Crippen molar-refractivity contribution in [2.75, 3.05) is 7.05 Å². The maximum atomic E-state index is 9.48. The highest BCUT2D eigenvalue weighted by atomic mass is 16.3. The van der Waals surface area contributed by atoms with Gasteiger partial charge in [0.1, 0.15) is 12.8 Å². The lowest BCUT2D eigenvalue weighted by atomic mass is 10.1. The van der Waals surface area contributed by atoms with Gasteiger partial charge in [-0.3, -0.25) is 0 Å². The van der Waals surface area contributed by atoms with Crippen molar-refractivity contribution in [3.8, 4) is 5.75 Å². The highest BCUT2D eigenvalue weighted by molar-refractivity contribution is 5.65. The third-order valence-electron chi connectivity index (χ3n) is 3.01. The summed E-state index contributed by atoms with van der Waals surface area (Å²) >= 11 is 0. The molecule has 15 heavy (non-hydrogen) atoms. The van der Waals surface area contributed by atoms with Crippen molar-refractivity contribution in [1.82, 2.24) is 0 Å². The summed E-state index contributed by atoms with van der Waals surface area (Å²) in [6, 6.07) is 6.04. The summed E-state index contributed by atoms with van der Waals surface area (Å²) in [7, 11) is 2.05. The van der Waals surface area contributed by atoms with Crippen LogP contribution in [-0.4, -0.2) is 22.9 Å². The van der Waals surface area contributed by atoms with E-state index in [1.807, 2.05) is 25.4 Å². The first kappa shape index (κ1) is 9.97. The van der Waals surface area contributed by atoms with Crippen LogP contribution in [0.2, 0.25) is 0 Å². The SMILES string of the molecule is C=CC=[N+](C)[C@@H]1CCc2ccc(O)cc21. The molecule has 0 bridgehead atoms. The number of aryl methyl sites for hydroxylation is 1. The summed E-state index contributed by atoms with van der Waals surface area (Å²) in [5.74, 6) is 0.354. The molecule has 1 aromatic carbocycles. The van der Waals surface area contributed by atoms with E-state index in [0.717, 1.165) is 12.8 Å². The molecule has 2 rings (SSSR count). The minimum absolute atomic E-state index is 0.354. The zero-order valence-electron chi connectivity index (χ0n) is 8.98. The standard InChI is InChI=1S/C13H15NO/c1-3-8-14(2)13-7-5-10-4-6-11(15)9-12(10)13/h3-4,6,8-9,13H,1,5,7H2,2H3/p+1/t13-/m1/s1. The molecule has 0 saturated heterocycles. The van der Waals surface area contributed by atoms with Crippen molar-refractivity contribution in [2.24, 2.45) is 0 Å². The Kier molecular flexibility index (Phi) is 2.58. The van der Waals surface area contributed by atoms with Gasteiger partial charge in [0.2, 0.25) is 0 Å². The number of allylic oxidation sites excluding steroid dienone is 1. The average molecular weight is 202 g/mol. The van der Waals surface area contributed by atoms with E-state index in [0.29, 0.717) is 11.8 Å². The van der Waals surface area contributed by atoms with E-state index >= 15 is 0 Å². The molecule has 0 aromatic heterocycles. The zero-order chi connectivity index (χ0) is 10.8. The van der Waals surface area contributed by atoms with Crippen molar-refractivity contribution in [2.45, 2.75) is 18.9 Å². The predicted molar refractivity (Wildman–Crippen MR) is 61.6 cm³/mol. The first-order valence-electron chi connectivity index (χ1n) is 5.22. The molecule has 0 heterocycles. The molecule has 0 fully saturated rings. The Hall–Kier alpha value is -1.57. The van der Waals surface area contributed by atoms with Gasteiger partial charge in [0, 0.05) is 12.0 Å². The first-order valence-corrected chi connectivity index (χ1v) is 5.22. The van der Waals surface area contributed by atoms with E-state index in [9.17, 15) is 5.11 Å². The van der Waals surface area contributed by atoms with Crippen LogP contribution in [0.3, 0.4) is 0 Å². The second kappa shape index (κ2) is 3.89. The van der Waals surface area contributed by atoms with E-state index in [4.69, 9.17) is 0 Å². The van der Waals surface area contributed by atoms with Crippen LogP contribution in [0.1, 0.15) is 23.6 Å². The van der Waals surface area contributed by atoms with Gasteiger partial charge in [-0.15, -0.1) is 0 Å². The van der Waals surface area contributed by atoms with Gasteiger partial charge < -0.3 is 5.11 Å². The molecule has 2 heteroatoms. The molecular weight excluding hydrogens is 186 g/mol. The van der Waals surface area contributed by atoms with Crippen LogP contribution in [0.25, 0.3) is 0 Å². The fourth-order valence-corrected chi connectivity index (χ4v) is 2.26. The minimum atomic E-state index is 0.354. The number of hydrogen-bond donors (Lipinski definition) is 1. The highest BCUT2D eigenvalue weighted by Crippen LogP contribution is 2.35. The lowest BCUT2D eigenvalue weighted by Crippen LogP contribution is -2.12. The summed E-state index contributed by atoms with van der Waals surface area (Å²) in [6.07, 6.45) is 5.97. The average Bonchev–Trinajstić information content (AvgIpc) is 2.60. The van der Waals surface area contributed by atoms with E-state index in [-0.39, 0.29) is 0 Å². The van der Waals surface area contributed by atoms with Gasteiger partial charge in [-0.25, -0.2) is 4.58 Å². The molecular formula is C13H16NO+. The van der Waals surface area contributed by atoms with Crippen LogP contribution in [0.15, 0.2) is 30.9 Å².